The van der Waals surface area contributed by atoms with E-state index in [9.17, 15) is 8.78 Å². The van der Waals surface area contributed by atoms with Crippen molar-refractivity contribution < 1.29 is 13.5 Å². The molecule has 0 aliphatic rings. The smallest absolute Gasteiger partial charge is 0.130 e. The second-order valence-corrected chi connectivity index (χ2v) is 15.5. The van der Waals surface area contributed by atoms with Crippen LogP contribution in [0.3, 0.4) is 0 Å². The number of rotatable bonds is 30. The molecule has 0 spiro atoms. The summed E-state index contributed by atoms with van der Waals surface area (Å²) in [5, 5.41) is 0. The first-order valence-corrected chi connectivity index (χ1v) is 21.8. The van der Waals surface area contributed by atoms with Gasteiger partial charge in [-0.05, 0) is 90.6 Å². The van der Waals surface area contributed by atoms with Crippen molar-refractivity contribution in [3.63, 3.8) is 0 Å². The summed E-state index contributed by atoms with van der Waals surface area (Å²) in [6, 6.07) is 15.1. The second-order valence-electron chi connectivity index (χ2n) is 15.5. The van der Waals surface area contributed by atoms with E-state index in [1.54, 1.807) is 31.4 Å². The Hall–Kier alpha value is -2.68. The Balaban J connectivity index is 1.88. The van der Waals surface area contributed by atoms with Gasteiger partial charge in [0.05, 0.1) is 7.11 Å². The SMILES string of the molecule is CCCCCCCCCCc1cc(F)ccc1-c1ccc(-c2ccc(F)cc2CCCCCCCCCC)c(OC)c1CCCCCCCCCC. The number of hydrogen-bond donors (Lipinski definition) is 0. The third-order valence-electron chi connectivity index (χ3n) is 11.1. The number of hydrogen-bond acceptors (Lipinski definition) is 1. The second kappa shape index (κ2) is 27.0. The van der Waals surface area contributed by atoms with Gasteiger partial charge < -0.3 is 4.74 Å². The van der Waals surface area contributed by atoms with E-state index in [0.29, 0.717) is 0 Å². The number of methoxy groups -OCH3 is 1. The van der Waals surface area contributed by atoms with Crippen LogP contribution < -0.4 is 4.74 Å². The molecule has 0 saturated carbocycles. The van der Waals surface area contributed by atoms with Crippen molar-refractivity contribution in [1.82, 2.24) is 0 Å². The van der Waals surface area contributed by atoms with Gasteiger partial charge in [-0.2, -0.15) is 0 Å². The van der Waals surface area contributed by atoms with Gasteiger partial charge in [-0.3, -0.25) is 0 Å². The Morgan fingerprint density at radius 2 is 0.712 bits per heavy atom. The standard InChI is InChI=1S/C49H74F2O/c1-5-8-11-14-17-20-23-26-29-40-38-42(50)32-34-44(40)46-36-37-48(49(52-4)47(46)31-28-25-22-19-16-13-10-7-3)45-35-33-43(51)39-41(45)30-27-24-21-18-15-12-9-6-2/h32-39H,5-31H2,1-4H3. The van der Waals surface area contributed by atoms with Gasteiger partial charge in [-0.25, -0.2) is 8.78 Å². The van der Waals surface area contributed by atoms with Gasteiger partial charge in [0.15, 0.2) is 0 Å². The first-order chi connectivity index (χ1) is 25.5. The molecule has 3 aromatic rings. The average Bonchev–Trinajstić information content (AvgIpc) is 3.15. The number of ether oxygens (including phenoxy) is 1. The minimum Gasteiger partial charge on any atom is -0.496 e. The van der Waals surface area contributed by atoms with Crippen LogP contribution in [0.4, 0.5) is 8.78 Å². The van der Waals surface area contributed by atoms with E-state index in [4.69, 9.17) is 4.74 Å². The number of aryl methyl sites for hydroxylation is 2. The predicted molar refractivity (Wildman–Crippen MR) is 223 cm³/mol. The van der Waals surface area contributed by atoms with Gasteiger partial charge >= 0.3 is 0 Å². The Bertz CT molecular complexity index is 1380. The van der Waals surface area contributed by atoms with Crippen LogP contribution in [0.5, 0.6) is 5.75 Å². The summed E-state index contributed by atoms with van der Waals surface area (Å²) in [6.07, 6.45) is 32.8. The number of halogens is 2. The van der Waals surface area contributed by atoms with E-state index in [1.807, 2.05) is 12.1 Å². The lowest BCUT2D eigenvalue weighted by Crippen LogP contribution is -2.03. The minimum atomic E-state index is -0.176. The first kappa shape index (κ1) is 43.7. The third-order valence-corrected chi connectivity index (χ3v) is 11.1. The quantitative estimate of drug-likeness (QED) is 0.0624. The van der Waals surface area contributed by atoms with Crippen LogP contribution in [-0.2, 0) is 19.3 Å². The molecule has 0 aliphatic heterocycles. The molecule has 0 amide bonds. The maximum atomic E-state index is 14.8. The van der Waals surface area contributed by atoms with Gasteiger partial charge in [-0.15, -0.1) is 0 Å². The lowest BCUT2D eigenvalue weighted by Gasteiger charge is -2.21. The summed E-state index contributed by atoms with van der Waals surface area (Å²) in [7, 11) is 1.79. The Kier molecular flexibility index (Phi) is 22.7. The molecule has 0 fully saturated rings. The van der Waals surface area contributed by atoms with Crippen molar-refractivity contribution in [2.45, 2.75) is 194 Å². The van der Waals surface area contributed by atoms with Gasteiger partial charge in [0, 0.05) is 11.1 Å². The van der Waals surface area contributed by atoms with Crippen molar-refractivity contribution in [3.05, 3.63) is 76.9 Å². The molecular formula is C49H74F2O. The Labute approximate surface area is 318 Å². The molecule has 1 nitrogen and oxygen atoms in total. The van der Waals surface area contributed by atoms with Gasteiger partial charge in [-0.1, -0.05) is 180 Å². The summed E-state index contributed by atoms with van der Waals surface area (Å²) in [5.74, 6) is 0.556. The van der Waals surface area contributed by atoms with Crippen molar-refractivity contribution in [1.29, 1.82) is 0 Å². The molecule has 3 aromatic carbocycles. The van der Waals surface area contributed by atoms with E-state index < -0.39 is 0 Å². The highest BCUT2D eigenvalue weighted by atomic mass is 19.1. The van der Waals surface area contributed by atoms with Crippen LogP contribution in [-0.4, -0.2) is 7.11 Å². The van der Waals surface area contributed by atoms with Crippen molar-refractivity contribution in [2.24, 2.45) is 0 Å². The van der Waals surface area contributed by atoms with E-state index in [1.165, 1.54) is 140 Å². The van der Waals surface area contributed by atoms with Crippen LogP contribution in [0, 0.1) is 11.6 Å². The zero-order valence-corrected chi connectivity index (χ0v) is 33.9. The lowest BCUT2D eigenvalue weighted by molar-refractivity contribution is 0.410. The van der Waals surface area contributed by atoms with Crippen LogP contribution in [0.2, 0.25) is 0 Å². The van der Waals surface area contributed by atoms with Crippen LogP contribution >= 0.6 is 0 Å². The predicted octanol–water partition coefficient (Wildman–Crippen LogP) is 16.4. The first-order valence-electron chi connectivity index (χ1n) is 21.8. The molecule has 52 heavy (non-hydrogen) atoms. The van der Waals surface area contributed by atoms with E-state index in [2.05, 4.69) is 32.9 Å². The molecule has 0 radical (unpaired) electrons. The normalized spacial score (nSPS) is 11.4. The molecule has 0 atom stereocenters. The lowest BCUT2D eigenvalue weighted by atomic mass is 9.86. The van der Waals surface area contributed by atoms with Crippen LogP contribution in [0.1, 0.15) is 192 Å². The molecule has 0 aromatic heterocycles. The van der Waals surface area contributed by atoms with Crippen molar-refractivity contribution >= 4 is 0 Å². The zero-order chi connectivity index (χ0) is 37.2. The minimum absolute atomic E-state index is 0.163. The molecule has 3 heteroatoms. The number of benzene rings is 3. The number of unbranched alkanes of at least 4 members (excludes halogenated alkanes) is 21. The fourth-order valence-corrected chi connectivity index (χ4v) is 7.97. The topological polar surface area (TPSA) is 9.23 Å². The summed E-state index contributed by atoms with van der Waals surface area (Å²) in [4.78, 5) is 0. The highest BCUT2D eigenvalue weighted by Crippen LogP contribution is 2.43. The monoisotopic (exact) mass is 717 g/mol. The van der Waals surface area contributed by atoms with Gasteiger partial charge in [0.2, 0.25) is 0 Å². The highest BCUT2D eigenvalue weighted by molar-refractivity contribution is 5.82. The summed E-state index contributed by atoms with van der Waals surface area (Å²) < 4.78 is 35.9. The molecule has 0 bridgehead atoms. The average molecular weight is 717 g/mol. The van der Waals surface area contributed by atoms with Crippen molar-refractivity contribution in [3.8, 4) is 28.0 Å². The molecular weight excluding hydrogens is 643 g/mol. The van der Waals surface area contributed by atoms with Gasteiger partial charge in [0.1, 0.15) is 17.4 Å². The van der Waals surface area contributed by atoms with E-state index >= 15 is 0 Å². The summed E-state index contributed by atoms with van der Waals surface area (Å²) >= 11 is 0. The maximum Gasteiger partial charge on any atom is 0.130 e. The molecule has 3 rings (SSSR count). The molecule has 0 aliphatic carbocycles. The zero-order valence-electron chi connectivity index (χ0n) is 33.9. The largest absolute Gasteiger partial charge is 0.496 e. The summed E-state index contributed by atoms with van der Waals surface area (Å²) in [6.45, 7) is 6.79. The molecule has 0 saturated heterocycles. The maximum absolute atomic E-state index is 14.8. The Morgan fingerprint density at radius 1 is 0.385 bits per heavy atom. The van der Waals surface area contributed by atoms with Crippen molar-refractivity contribution in [2.75, 3.05) is 7.11 Å². The third kappa shape index (κ3) is 15.7. The molecule has 290 valence electrons. The molecule has 0 N–H and O–H groups in total. The molecule has 0 unspecified atom stereocenters. The Morgan fingerprint density at radius 3 is 1.12 bits per heavy atom. The van der Waals surface area contributed by atoms with E-state index in [0.717, 1.165) is 77.7 Å². The fraction of sp³-hybridized carbons (Fsp3) is 0.633. The van der Waals surface area contributed by atoms with Crippen LogP contribution in [0.15, 0.2) is 48.5 Å². The summed E-state index contributed by atoms with van der Waals surface area (Å²) in [5.41, 5.74) is 7.76. The molecule has 0 heterocycles. The highest BCUT2D eigenvalue weighted by Gasteiger charge is 2.20. The fourth-order valence-electron chi connectivity index (χ4n) is 7.97. The van der Waals surface area contributed by atoms with E-state index in [-0.39, 0.29) is 11.6 Å². The van der Waals surface area contributed by atoms with Gasteiger partial charge in [0.25, 0.3) is 0 Å². The van der Waals surface area contributed by atoms with Crippen LogP contribution in [0.25, 0.3) is 22.3 Å².